The van der Waals surface area contributed by atoms with Gasteiger partial charge in [0.2, 0.25) is 0 Å². The Bertz CT molecular complexity index is 1000. The van der Waals surface area contributed by atoms with E-state index in [1.165, 1.54) is 13.0 Å². The molecule has 0 aliphatic heterocycles. The lowest BCUT2D eigenvalue weighted by Gasteiger charge is -2.21. The highest BCUT2D eigenvalue weighted by atomic mass is 32.2. The van der Waals surface area contributed by atoms with Gasteiger partial charge in [-0.3, -0.25) is 0 Å². The normalized spacial score (nSPS) is 12.1. The van der Waals surface area contributed by atoms with E-state index in [-0.39, 0.29) is 22.8 Å². The second kappa shape index (κ2) is 8.29. The van der Waals surface area contributed by atoms with Crippen molar-refractivity contribution in [2.45, 2.75) is 32.0 Å². The van der Waals surface area contributed by atoms with Gasteiger partial charge in [-0.25, -0.2) is 13.2 Å². The number of ether oxygens (including phenoxy) is 1. The first-order valence-corrected chi connectivity index (χ1v) is 9.70. The van der Waals surface area contributed by atoms with Crippen molar-refractivity contribution in [1.29, 1.82) is 0 Å². The number of benzene rings is 2. The Balaban J connectivity index is 2.32. The van der Waals surface area contributed by atoms with Gasteiger partial charge in [0.25, 0.3) is 10.0 Å². The molecular weight excluding hydrogens is 415 g/mol. The maximum absolute atomic E-state index is 12.9. The fraction of sp³-hybridized carbons (Fsp3) is 0.278. The summed E-state index contributed by atoms with van der Waals surface area (Å²) in [6.45, 7) is 4.49. The Morgan fingerprint density at radius 3 is 2.14 bits per heavy atom. The summed E-state index contributed by atoms with van der Waals surface area (Å²) in [4.78, 5) is 16.4. The van der Waals surface area contributed by atoms with E-state index in [0.717, 1.165) is 30.3 Å². The third-order valence-electron chi connectivity index (χ3n) is 3.96. The number of carboxylic acid groups (broad SMARTS) is 1. The molecule has 0 spiro atoms. The number of alkyl halides is 3. The van der Waals surface area contributed by atoms with Crippen molar-refractivity contribution in [3.05, 3.63) is 53.1 Å². The van der Waals surface area contributed by atoms with Crippen LogP contribution < -0.4 is 9.57 Å². The van der Waals surface area contributed by atoms with Crippen LogP contribution in [0.4, 0.5) is 13.2 Å². The van der Waals surface area contributed by atoms with E-state index in [1.54, 1.807) is 13.8 Å². The van der Waals surface area contributed by atoms with E-state index in [1.807, 2.05) is 0 Å². The molecule has 0 amide bonds. The number of hydrogen-bond acceptors (Lipinski definition) is 5. The highest BCUT2D eigenvalue weighted by Gasteiger charge is 2.31. The van der Waals surface area contributed by atoms with Crippen LogP contribution in [0.5, 0.6) is 11.5 Å². The molecular formula is C18H18F3NO6S. The zero-order chi connectivity index (χ0) is 22.0. The molecule has 2 aromatic carbocycles. The zero-order valence-corrected chi connectivity index (χ0v) is 16.5. The average molecular weight is 433 g/mol. The molecule has 11 heteroatoms. The van der Waals surface area contributed by atoms with Crippen molar-refractivity contribution in [2.24, 2.45) is 0 Å². The van der Waals surface area contributed by atoms with E-state index < -0.39 is 28.1 Å². The van der Waals surface area contributed by atoms with Crippen LogP contribution in [0.1, 0.15) is 28.4 Å². The highest BCUT2D eigenvalue weighted by Crippen LogP contribution is 2.27. The molecule has 2 aromatic rings. The molecule has 1 N–H and O–H groups in total. The number of sulfonamides is 1. The number of hydroxylamine groups is 1. The third kappa shape index (κ3) is 5.39. The summed E-state index contributed by atoms with van der Waals surface area (Å²) in [6, 6.07) is 6.53. The van der Waals surface area contributed by atoms with E-state index in [9.17, 15) is 31.5 Å². The summed E-state index contributed by atoms with van der Waals surface area (Å²) in [6.07, 6.45) is -4.85. The molecule has 0 bridgehead atoms. The topological polar surface area (TPSA) is 93.1 Å². The number of carbonyl (C=O) groups is 1. The van der Waals surface area contributed by atoms with Gasteiger partial charge in [-0.1, -0.05) is 0 Å². The number of carboxylic acids is 1. The summed E-state index contributed by atoms with van der Waals surface area (Å²) in [5.41, 5.74) is 0.738. The SMILES string of the molecule is CCN(Oc1ccc(OC(F)(F)F)cc1)S(=O)(=O)c1cc(C)c(C)c(C(=O)O)c1. The number of halogens is 3. The lowest BCUT2D eigenvalue weighted by atomic mass is 10.0. The maximum atomic E-state index is 12.9. The summed E-state index contributed by atoms with van der Waals surface area (Å²) < 4.78 is 66.8. The van der Waals surface area contributed by atoms with Crippen LogP contribution in [0.15, 0.2) is 41.3 Å². The van der Waals surface area contributed by atoms with Crippen molar-refractivity contribution >= 4 is 16.0 Å². The van der Waals surface area contributed by atoms with Gasteiger partial charge >= 0.3 is 12.3 Å². The van der Waals surface area contributed by atoms with Crippen molar-refractivity contribution in [2.75, 3.05) is 6.54 Å². The molecule has 0 unspecified atom stereocenters. The highest BCUT2D eigenvalue weighted by molar-refractivity contribution is 7.89. The van der Waals surface area contributed by atoms with E-state index >= 15 is 0 Å². The van der Waals surface area contributed by atoms with E-state index in [2.05, 4.69) is 4.74 Å². The summed E-state index contributed by atoms with van der Waals surface area (Å²) in [5, 5.41) is 9.29. The standard InChI is InChI=1S/C18H18F3NO6S/c1-4-22(28-14-7-5-13(6-8-14)27-18(19,20)21)29(25,26)15-9-11(2)12(3)16(10-15)17(23)24/h5-10H,4H2,1-3H3,(H,23,24). The van der Waals surface area contributed by atoms with Crippen molar-refractivity contribution < 1.29 is 41.1 Å². The summed E-state index contributed by atoms with van der Waals surface area (Å²) in [5.74, 6) is -1.81. The Kier molecular flexibility index (Phi) is 6.43. The van der Waals surface area contributed by atoms with Crippen LogP contribution in [0.3, 0.4) is 0 Å². The van der Waals surface area contributed by atoms with Gasteiger partial charge in [0.1, 0.15) is 11.5 Å². The molecule has 7 nitrogen and oxygen atoms in total. The lowest BCUT2D eigenvalue weighted by Crippen LogP contribution is -2.34. The largest absolute Gasteiger partial charge is 0.573 e. The maximum Gasteiger partial charge on any atom is 0.573 e. The first-order valence-electron chi connectivity index (χ1n) is 8.26. The van der Waals surface area contributed by atoms with Crippen LogP contribution in [0.2, 0.25) is 0 Å². The van der Waals surface area contributed by atoms with Gasteiger partial charge in [0, 0.05) is 6.54 Å². The molecule has 2 rings (SSSR count). The van der Waals surface area contributed by atoms with Gasteiger partial charge in [0.05, 0.1) is 10.5 Å². The predicted octanol–water partition coefficient (Wildman–Crippen LogP) is 3.90. The number of nitrogens with zero attached hydrogens (tertiary/aromatic N) is 1. The van der Waals surface area contributed by atoms with Crippen LogP contribution in [-0.4, -0.2) is 36.9 Å². The first kappa shape index (κ1) is 22.5. The molecule has 0 aliphatic rings. The fourth-order valence-corrected chi connectivity index (χ4v) is 3.77. The Morgan fingerprint density at radius 2 is 1.66 bits per heavy atom. The quantitative estimate of drug-likeness (QED) is 0.666. The van der Waals surface area contributed by atoms with Gasteiger partial charge in [-0.05, 0) is 72.8 Å². The molecule has 0 saturated heterocycles. The summed E-state index contributed by atoms with van der Waals surface area (Å²) in [7, 11) is -4.25. The number of rotatable bonds is 7. The predicted molar refractivity (Wildman–Crippen MR) is 96.2 cm³/mol. The van der Waals surface area contributed by atoms with Crippen LogP contribution in [0.25, 0.3) is 0 Å². The Hall–Kier alpha value is -2.79. The van der Waals surface area contributed by atoms with Crippen LogP contribution >= 0.6 is 0 Å². The van der Waals surface area contributed by atoms with Crippen molar-refractivity contribution in [1.82, 2.24) is 4.47 Å². The van der Waals surface area contributed by atoms with Gasteiger partial charge in [-0.2, -0.15) is 0 Å². The molecule has 0 atom stereocenters. The number of aryl methyl sites for hydroxylation is 1. The van der Waals surface area contributed by atoms with E-state index in [4.69, 9.17) is 4.84 Å². The Morgan fingerprint density at radius 1 is 1.10 bits per heavy atom. The monoisotopic (exact) mass is 433 g/mol. The molecule has 29 heavy (non-hydrogen) atoms. The summed E-state index contributed by atoms with van der Waals surface area (Å²) >= 11 is 0. The lowest BCUT2D eigenvalue weighted by molar-refractivity contribution is -0.274. The molecule has 0 saturated carbocycles. The number of hydrogen-bond donors (Lipinski definition) is 1. The smallest absolute Gasteiger partial charge is 0.478 e. The van der Waals surface area contributed by atoms with Crippen molar-refractivity contribution in [3.8, 4) is 11.5 Å². The first-order chi connectivity index (χ1) is 13.3. The van der Waals surface area contributed by atoms with Gasteiger partial charge in [0.15, 0.2) is 0 Å². The fourth-order valence-electron chi connectivity index (χ4n) is 2.42. The molecule has 0 fully saturated rings. The van der Waals surface area contributed by atoms with E-state index in [0.29, 0.717) is 15.6 Å². The molecule has 0 heterocycles. The average Bonchev–Trinajstić information content (AvgIpc) is 2.61. The number of aromatic carboxylic acids is 1. The Labute approximate surface area is 165 Å². The third-order valence-corrected chi connectivity index (χ3v) is 5.66. The second-order valence-corrected chi connectivity index (χ2v) is 7.78. The van der Waals surface area contributed by atoms with Crippen LogP contribution in [0, 0.1) is 13.8 Å². The van der Waals surface area contributed by atoms with Crippen LogP contribution in [-0.2, 0) is 10.0 Å². The minimum Gasteiger partial charge on any atom is -0.478 e. The van der Waals surface area contributed by atoms with Gasteiger partial charge < -0.3 is 14.7 Å². The molecule has 0 aromatic heterocycles. The molecule has 0 aliphatic carbocycles. The minimum absolute atomic E-state index is 0.0489. The molecule has 0 radical (unpaired) electrons. The minimum atomic E-state index is -4.85. The zero-order valence-electron chi connectivity index (χ0n) is 15.6. The van der Waals surface area contributed by atoms with Gasteiger partial charge in [-0.15, -0.1) is 13.2 Å². The van der Waals surface area contributed by atoms with Crippen molar-refractivity contribution in [3.63, 3.8) is 0 Å². The molecule has 158 valence electrons. The second-order valence-electron chi connectivity index (χ2n) is 5.95.